The van der Waals surface area contributed by atoms with Gasteiger partial charge in [-0.1, -0.05) is 0 Å². The van der Waals surface area contributed by atoms with E-state index in [-0.39, 0.29) is 23.7 Å². The summed E-state index contributed by atoms with van der Waals surface area (Å²) in [6.07, 6.45) is 1.75. The Hall–Kier alpha value is -0.320. The molecule has 1 aliphatic heterocycles. The van der Waals surface area contributed by atoms with Crippen molar-refractivity contribution in [3.63, 3.8) is 0 Å². The Labute approximate surface area is 97.8 Å². The zero-order chi connectivity index (χ0) is 10.6. The van der Waals surface area contributed by atoms with Gasteiger partial charge in [0.2, 0.25) is 5.91 Å². The monoisotopic (exact) mass is 236 g/mol. The molecular weight excluding hydrogens is 216 g/mol. The molecule has 1 N–H and O–H groups in total. The van der Waals surface area contributed by atoms with Crippen LogP contribution in [0.3, 0.4) is 0 Å². The molecule has 0 spiro atoms. The highest BCUT2D eigenvalue weighted by atomic mass is 35.5. The molecule has 1 heterocycles. The van der Waals surface area contributed by atoms with Gasteiger partial charge < -0.3 is 15.0 Å². The molecule has 0 saturated carbocycles. The summed E-state index contributed by atoms with van der Waals surface area (Å²) in [5, 5.41) is 3.27. The van der Waals surface area contributed by atoms with Crippen LogP contribution in [0.1, 0.15) is 12.8 Å². The van der Waals surface area contributed by atoms with Crippen molar-refractivity contribution in [2.24, 2.45) is 5.41 Å². The Balaban J connectivity index is 0.00000196. The van der Waals surface area contributed by atoms with Crippen LogP contribution in [-0.4, -0.2) is 51.7 Å². The van der Waals surface area contributed by atoms with Crippen LogP contribution in [0.2, 0.25) is 0 Å². The maximum atomic E-state index is 12.0. The topological polar surface area (TPSA) is 41.6 Å². The Morgan fingerprint density at radius 1 is 1.40 bits per heavy atom. The third-order valence-electron chi connectivity index (χ3n) is 2.84. The van der Waals surface area contributed by atoms with Crippen LogP contribution < -0.4 is 5.32 Å². The summed E-state index contributed by atoms with van der Waals surface area (Å²) >= 11 is 0. The predicted octanol–water partition coefficient (Wildman–Crippen LogP) is 0.513. The second-order valence-electron chi connectivity index (χ2n) is 4.16. The minimum Gasteiger partial charge on any atom is -0.384 e. The molecule has 0 atom stereocenters. The van der Waals surface area contributed by atoms with E-state index in [1.807, 2.05) is 14.1 Å². The van der Waals surface area contributed by atoms with E-state index in [1.165, 1.54) is 0 Å². The number of hydrogen-bond donors (Lipinski definition) is 1. The van der Waals surface area contributed by atoms with Crippen molar-refractivity contribution >= 4 is 18.3 Å². The van der Waals surface area contributed by atoms with Crippen molar-refractivity contribution in [2.75, 3.05) is 40.9 Å². The Morgan fingerprint density at radius 2 is 1.93 bits per heavy atom. The minimum atomic E-state index is -0.288. The molecule has 5 heteroatoms. The van der Waals surface area contributed by atoms with Gasteiger partial charge in [-0.2, -0.15) is 0 Å². The summed E-state index contributed by atoms with van der Waals surface area (Å²) in [4.78, 5) is 13.7. The molecule has 15 heavy (non-hydrogen) atoms. The molecule has 4 nitrogen and oxygen atoms in total. The molecule has 0 unspecified atom stereocenters. The summed E-state index contributed by atoms with van der Waals surface area (Å²) in [5.41, 5.74) is -0.288. The van der Waals surface area contributed by atoms with Crippen LogP contribution in [0.4, 0.5) is 0 Å². The number of carbonyl (C=O) groups is 1. The Kier molecular flexibility index (Phi) is 6.17. The molecule has 90 valence electrons. The highest BCUT2D eigenvalue weighted by Crippen LogP contribution is 2.30. The first kappa shape index (κ1) is 14.7. The van der Waals surface area contributed by atoms with Crippen LogP contribution in [0.25, 0.3) is 0 Å². The average molecular weight is 237 g/mol. The normalized spacial score (nSPS) is 19.1. The van der Waals surface area contributed by atoms with Gasteiger partial charge in [-0.15, -0.1) is 12.4 Å². The minimum absolute atomic E-state index is 0. The Bertz CT molecular complexity index is 198. The lowest BCUT2D eigenvalue weighted by molar-refractivity contribution is -0.144. The first-order chi connectivity index (χ1) is 6.62. The van der Waals surface area contributed by atoms with Gasteiger partial charge in [0.15, 0.2) is 0 Å². The lowest BCUT2D eigenvalue weighted by Gasteiger charge is -2.37. The molecule has 1 fully saturated rings. The van der Waals surface area contributed by atoms with Gasteiger partial charge in [0.25, 0.3) is 0 Å². The number of nitrogens with zero attached hydrogens (tertiary/aromatic N) is 1. The summed E-state index contributed by atoms with van der Waals surface area (Å²) in [6.45, 7) is 2.34. The first-order valence-corrected chi connectivity index (χ1v) is 5.04. The number of halogens is 1. The number of piperidine rings is 1. The SMILES string of the molecule is COCC1(C(=O)N(C)C)CCNCC1.Cl. The average Bonchev–Trinajstić information content (AvgIpc) is 2.18. The molecule has 0 aromatic rings. The maximum Gasteiger partial charge on any atom is 0.230 e. The van der Waals surface area contributed by atoms with Crippen LogP contribution in [0, 0.1) is 5.41 Å². The molecule has 1 amide bonds. The van der Waals surface area contributed by atoms with Crippen molar-refractivity contribution in [2.45, 2.75) is 12.8 Å². The molecule has 1 aliphatic rings. The number of methoxy groups -OCH3 is 1. The number of ether oxygens (including phenoxy) is 1. The quantitative estimate of drug-likeness (QED) is 0.777. The smallest absolute Gasteiger partial charge is 0.230 e. The third kappa shape index (κ3) is 3.33. The lowest BCUT2D eigenvalue weighted by atomic mass is 9.78. The fourth-order valence-corrected chi connectivity index (χ4v) is 2.08. The van der Waals surface area contributed by atoms with Gasteiger partial charge in [-0.3, -0.25) is 4.79 Å². The zero-order valence-corrected chi connectivity index (χ0v) is 10.5. The van der Waals surface area contributed by atoms with Crippen molar-refractivity contribution in [3.05, 3.63) is 0 Å². The summed E-state index contributed by atoms with van der Waals surface area (Å²) in [6, 6.07) is 0. The summed E-state index contributed by atoms with van der Waals surface area (Å²) in [5.74, 6) is 0.195. The molecule has 1 saturated heterocycles. The first-order valence-electron chi connectivity index (χ1n) is 5.04. The van der Waals surface area contributed by atoms with Crippen LogP contribution in [0.15, 0.2) is 0 Å². The van der Waals surface area contributed by atoms with Crippen LogP contribution in [-0.2, 0) is 9.53 Å². The number of carbonyl (C=O) groups excluding carboxylic acids is 1. The third-order valence-corrected chi connectivity index (χ3v) is 2.84. The van der Waals surface area contributed by atoms with Gasteiger partial charge in [0.05, 0.1) is 12.0 Å². The standard InChI is InChI=1S/C10H20N2O2.ClH/c1-12(2)9(13)10(8-14-3)4-6-11-7-5-10;/h11H,4-8H2,1-3H3;1H. The van der Waals surface area contributed by atoms with E-state index in [9.17, 15) is 4.79 Å². The van der Waals surface area contributed by atoms with Crippen LogP contribution in [0.5, 0.6) is 0 Å². The molecule has 1 rings (SSSR count). The molecule has 0 aromatic carbocycles. The van der Waals surface area contributed by atoms with E-state index in [2.05, 4.69) is 5.32 Å². The fraction of sp³-hybridized carbons (Fsp3) is 0.900. The summed E-state index contributed by atoms with van der Waals surface area (Å²) < 4.78 is 5.18. The molecule has 0 bridgehead atoms. The highest BCUT2D eigenvalue weighted by Gasteiger charge is 2.40. The maximum absolute atomic E-state index is 12.0. The van der Waals surface area contributed by atoms with Gasteiger partial charge in [-0.25, -0.2) is 0 Å². The van der Waals surface area contributed by atoms with E-state index < -0.39 is 0 Å². The van der Waals surface area contributed by atoms with Gasteiger partial charge in [-0.05, 0) is 25.9 Å². The summed E-state index contributed by atoms with van der Waals surface area (Å²) in [7, 11) is 5.27. The van der Waals surface area contributed by atoms with E-state index >= 15 is 0 Å². The fourth-order valence-electron chi connectivity index (χ4n) is 2.08. The molecule has 0 radical (unpaired) electrons. The van der Waals surface area contributed by atoms with Crippen molar-refractivity contribution in [1.29, 1.82) is 0 Å². The molecular formula is C10H21ClN2O2. The highest BCUT2D eigenvalue weighted by molar-refractivity contribution is 5.85. The molecule has 0 aromatic heterocycles. The second kappa shape index (κ2) is 6.30. The van der Waals surface area contributed by atoms with E-state index in [0.717, 1.165) is 25.9 Å². The van der Waals surface area contributed by atoms with Crippen molar-refractivity contribution in [3.8, 4) is 0 Å². The number of nitrogens with one attached hydrogen (secondary N) is 1. The van der Waals surface area contributed by atoms with Crippen LogP contribution >= 0.6 is 12.4 Å². The van der Waals surface area contributed by atoms with E-state index in [1.54, 1.807) is 12.0 Å². The largest absolute Gasteiger partial charge is 0.384 e. The number of rotatable bonds is 3. The van der Waals surface area contributed by atoms with Crippen molar-refractivity contribution < 1.29 is 9.53 Å². The zero-order valence-electron chi connectivity index (χ0n) is 9.71. The van der Waals surface area contributed by atoms with Gasteiger partial charge >= 0.3 is 0 Å². The number of amides is 1. The second-order valence-corrected chi connectivity index (χ2v) is 4.16. The van der Waals surface area contributed by atoms with E-state index in [4.69, 9.17) is 4.74 Å². The molecule has 0 aliphatic carbocycles. The lowest BCUT2D eigenvalue weighted by Crippen LogP contribution is -2.49. The van der Waals surface area contributed by atoms with Gasteiger partial charge in [0, 0.05) is 21.2 Å². The Morgan fingerprint density at radius 3 is 2.33 bits per heavy atom. The van der Waals surface area contributed by atoms with Gasteiger partial charge in [0.1, 0.15) is 0 Å². The van der Waals surface area contributed by atoms with Crippen molar-refractivity contribution in [1.82, 2.24) is 10.2 Å². The predicted molar refractivity (Wildman–Crippen MR) is 62.4 cm³/mol. The van der Waals surface area contributed by atoms with E-state index in [0.29, 0.717) is 6.61 Å². The number of hydrogen-bond acceptors (Lipinski definition) is 3.